The minimum atomic E-state index is -0.831. The second-order valence-corrected chi connectivity index (χ2v) is 5.74. The van der Waals surface area contributed by atoms with Gasteiger partial charge in [-0.2, -0.15) is 0 Å². The van der Waals surface area contributed by atoms with E-state index in [9.17, 15) is 9.59 Å². The van der Waals surface area contributed by atoms with E-state index >= 15 is 0 Å². The number of likely N-dealkylation sites (tertiary alicyclic amines) is 1. The van der Waals surface area contributed by atoms with E-state index < -0.39 is 12.0 Å². The number of carbonyl (C=O) groups excluding carboxylic acids is 1. The molecule has 1 heterocycles. The molecule has 1 saturated heterocycles. The van der Waals surface area contributed by atoms with E-state index in [1.165, 1.54) is 21.3 Å². The van der Waals surface area contributed by atoms with Crippen LogP contribution >= 0.6 is 0 Å². The number of hydrogen-bond donors (Lipinski definition) is 2. The molecule has 1 aliphatic rings. The molecule has 25 heavy (non-hydrogen) atoms. The number of anilines is 1. The smallest absolute Gasteiger partial charge is 0.320 e. The first-order chi connectivity index (χ1) is 12.0. The van der Waals surface area contributed by atoms with Gasteiger partial charge in [-0.05, 0) is 19.4 Å². The maximum atomic E-state index is 12.2. The minimum Gasteiger partial charge on any atom is -0.493 e. The molecule has 0 spiro atoms. The van der Waals surface area contributed by atoms with Crippen LogP contribution in [-0.4, -0.2) is 62.3 Å². The molecule has 0 bridgehead atoms. The lowest BCUT2D eigenvalue weighted by Crippen LogP contribution is -2.37. The summed E-state index contributed by atoms with van der Waals surface area (Å²) in [6.07, 6.45) is 1.68. The largest absolute Gasteiger partial charge is 0.493 e. The number of ether oxygens (including phenoxy) is 3. The van der Waals surface area contributed by atoms with E-state index in [0.29, 0.717) is 42.4 Å². The van der Waals surface area contributed by atoms with Gasteiger partial charge in [-0.1, -0.05) is 0 Å². The van der Waals surface area contributed by atoms with Crippen molar-refractivity contribution >= 4 is 17.6 Å². The molecule has 0 saturated carbocycles. The van der Waals surface area contributed by atoms with Gasteiger partial charge in [0.15, 0.2) is 11.5 Å². The molecule has 8 nitrogen and oxygen atoms in total. The summed E-state index contributed by atoms with van der Waals surface area (Å²) in [5.41, 5.74) is 0.524. The number of carboxylic acids is 1. The van der Waals surface area contributed by atoms with Crippen molar-refractivity contribution in [2.75, 3.05) is 39.7 Å². The molecular formula is C17H24N2O6. The SMILES string of the molecule is COc1cc(NC(=O)CCN2CCC[C@H]2C(=O)O)cc(OC)c1OC. The van der Waals surface area contributed by atoms with Gasteiger partial charge in [0.05, 0.1) is 21.3 Å². The average Bonchev–Trinajstić information content (AvgIpc) is 3.07. The van der Waals surface area contributed by atoms with Gasteiger partial charge in [0.25, 0.3) is 0 Å². The van der Waals surface area contributed by atoms with Crippen LogP contribution < -0.4 is 19.5 Å². The molecule has 1 amide bonds. The van der Waals surface area contributed by atoms with Crippen LogP contribution in [0.5, 0.6) is 17.2 Å². The first-order valence-corrected chi connectivity index (χ1v) is 8.06. The molecule has 2 rings (SSSR count). The average molecular weight is 352 g/mol. The van der Waals surface area contributed by atoms with Crippen LogP contribution in [0.1, 0.15) is 19.3 Å². The van der Waals surface area contributed by atoms with Gasteiger partial charge in [-0.25, -0.2) is 0 Å². The number of nitrogens with zero attached hydrogens (tertiary/aromatic N) is 1. The number of carboxylic acid groups (broad SMARTS) is 1. The first kappa shape index (κ1) is 18.9. The normalized spacial score (nSPS) is 17.2. The van der Waals surface area contributed by atoms with Gasteiger partial charge in [0.1, 0.15) is 6.04 Å². The molecule has 1 aromatic rings. The Bertz CT molecular complexity index is 609. The Kier molecular flexibility index (Phi) is 6.46. The van der Waals surface area contributed by atoms with Crippen LogP contribution in [0.4, 0.5) is 5.69 Å². The highest BCUT2D eigenvalue weighted by molar-refractivity contribution is 5.91. The Morgan fingerprint density at radius 3 is 2.36 bits per heavy atom. The highest BCUT2D eigenvalue weighted by atomic mass is 16.5. The van der Waals surface area contributed by atoms with Crippen LogP contribution in [0.2, 0.25) is 0 Å². The summed E-state index contributed by atoms with van der Waals surface area (Å²) < 4.78 is 15.7. The monoisotopic (exact) mass is 352 g/mol. The Hall–Kier alpha value is -2.48. The van der Waals surface area contributed by atoms with Crippen LogP contribution in [-0.2, 0) is 9.59 Å². The quantitative estimate of drug-likeness (QED) is 0.733. The van der Waals surface area contributed by atoms with E-state index in [1.807, 2.05) is 4.90 Å². The van der Waals surface area contributed by atoms with Gasteiger partial charge in [-0.15, -0.1) is 0 Å². The molecule has 1 fully saturated rings. The zero-order valence-electron chi connectivity index (χ0n) is 14.7. The Balaban J connectivity index is 1.99. The fourth-order valence-electron chi connectivity index (χ4n) is 3.00. The molecule has 1 aromatic carbocycles. The predicted molar refractivity (Wildman–Crippen MR) is 91.6 cm³/mol. The molecule has 138 valence electrons. The van der Waals surface area contributed by atoms with Gasteiger partial charge in [0, 0.05) is 30.8 Å². The van der Waals surface area contributed by atoms with E-state index in [2.05, 4.69) is 5.32 Å². The van der Waals surface area contributed by atoms with E-state index in [4.69, 9.17) is 19.3 Å². The zero-order valence-corrected chi connectivity index (χ0v) is 14.7. The van der Waals surface area contributed by atoms with Gasteiger partial charge in [0.2, 0.25) is 11.7 Å². The molecule has 1 aliphatic heterocycles. The third-order valence-corrected chi connectivity index (χ3v) is 4.22. The molecule has 2 N–H and O–H groups in total. The molecule has 8 heteroatoms. The maximum Gasteiger partial charge on any atom is 0.320 e. The summed E-state index contributed by atoms with van der Waals surface area (Å²) in [4.78, 5) is 25.2. The second-order valence-electron chi connectivity index (χ2n) is 5.74. The van der Waals surface area contributed by atoms with E-state index in [1.54, 1.807) is 12.1 Å². The molecule has 0 unspecified atom stereocenters. The zero-order chi connectivity index (χ0) is 18.4. The Morgan fingerprint density at radius 1 is 1.20 bits per heavy atom. The fourth-order valence-corrected chi connectivity index (χ4v) is 3.00. The fraction of sp³-hybridized carbons (Fsp3) is 0.529. The maximum absolute atomic E-state index is 12.2. The third kappa shape index (κ3) is 4.54. The molecular weight excluding hydrogens is 328 g/mol. The van der Waals surface area contributed by atoms with Crippen molar-refractivity contribution in [1.29, 1.82) is 0 Å². The molecule has 0 aliphatic carbocycles. The van der Waals surface area contributed by atoms with Crippen molar-refractivity contribution in [1.82, 2.24) is 4.90 Å². The standard InChI is InChI=1S/C17H24N2O6/c1-23-13-9-11(10-14(24-2)16(13)25-3)18-15(20)6-8-19-7-4-5-12(19)17(21)22/h9-10,12H,4-8H2,1-3H3,(H,18,20)(H,21,22)/t12-/m0/s1. The van der Waals surface area contributed by atoms with Crippen molar-refractivity contribution in [2.24, 2.45) is 0 Å². The van der Waals surface area contributed by atoms with Gasteiger partial charge < -0.3 is 24.6 Å². The topological polar surface area (TPSA) is 97.3 Å². The van der Waals surface area contributed by atoms with Crippen molar-refractivity contribution in [3.05, 3.63) is 12.1 Å². The van der Waals surface area contributed by atoms with Crippen molar-refractivity contribution < 1.29 is 28.9 Å². The van der Waals surface area contributed by atoms with Gasteiger partial charge in [-0.3, -0.25) is 14.5 Å². The molecule has 0 aromatic heterocycles. The lowest BCUT2D eigenvalue weighted by molar-refractivity contribution is -0.142. The predicted octanol–water partition coefficient (Wildman–Crippen LogP) is 1.59. The number of aliphatic carboxylic acids is 1. The number of amides is 1. The minimum absolute atomic E-state index is 0.203. The second kappa shape index (κ2) is 8.57. The van der Waals surface area contributed by atoms with E-state index in [-0.39, 0.29) is 12.3 Å². The molecule has 1 atom stereocenters. The summed E-state index contributed by atoms with van der Waals surface area (Å²) in [6, 6.07) is 2.80. The van der Waals surface area contributed by atoms with Crippen LogP contribution in [0.15, 0.2) is 12.1 Å². The van der Waals surface area contributed by atoms with Crippen molar-refractivity contribution in [3.63, 3.8) is 0 Å². The lowest BCUT2D eigenvalue weighted by Gasteiger charge is -2.20. The number of methoxy groups -OCH3 is 3. The van der Waals surface area contributed by atoms with Crippen molar-refractivity contribution in [3.8, 4) is 17.2 Å². The molecule has 0 radical (unpaired) electrons. The first-order valence-electron chi connectivity index (χ1n) is 8.06. The summed E-state index contributed by atoms with van der Waals surface area (Å²) >= 11 is 0. The number of nitrogens with one attached hydrogen (secondary N) is 1. The number of rotatable bonds is 8. The summed E-state index contributed by atoms with van der Waals surface area (Å²) in [5.74, 6) is 0.308. The Morgan fingerprint density at radius 2 is 1.84 bits per heavy atom. The Labute approximate surface area is 146 Å². The summed E-state index contributed by atoms with van der Waals surface area (Å²) in [6.45, 7) is 1.11. The highest BCUT2D eigenvalue weighted by Gasteiger charge is 2.30. The van der Waals surface area contributed by atoms with Crippen LogP contribution in [0.25, 0.3) is 0 Å². The van der Waals surface area contributed by atoms with E-state index in [0.717, 1.165) is 6.42 Å². The van der Waals surface area contributed by atoms with Crippen LogP contribution in [0.3, 0.4) is 0 Å². The lowest BCUT2D eigenvalue weighted by atomic mass is 10.2. The summed E-state index contributed by atoms with van der Waals surface area (Å²) in [5, 5.41) is 11.9. The number of hydrogen-bond acceptors (Lipinski definition) is 6. The summed E-state index contributed by atoms with van der Waals surface area (Å²) in [7, 11) is 4.51. The van der Waals surface area contributed by atoms with Crippen molar-refractivity contribution in [2.45, 2.75) is 25.3 Å². The highest BCUT2D eigenvalue weighted by Crippen LogP contribution is 2.39. The van der Waals surface area contributed by atoms with Gasteiger partial charge >= 0.3 is 5.97 Å². The number of carbonyl (C=O) groups is 2. The van der Waals surface area contributed by atoms with Crippen LogP contribution in [0, 0.1) is 0 Å². The number of benzene rings is 1. The third-order valence-electron chi connectivity index (χ3n) is 4.22.